The van der Waals surface area contributed by atoms with Crippen molar-refractivity contribution in [1.29, 1.82) is 0 Å². The number of hydrogen-bond acceptors (Lipinski definition) is 1. The van der Waals surface area contributed by atoms with Crippen molar-refractivity contribution in [3.8, 4) is 0 Å². The molecule has 88 valence electrons. The van der Waals surface area contributed by atoms with Gasteiger partial charge in [0.25, 0.3) is 0 Å². The minimum atomic E-state index is -4.34. The SMILES string of the molecule is O=[P+](O)C(CC(F)(F)F)C1CCCCC1. The maximum Gasteiger partial charge on any atom is 0.509 e. The zero-order chi connectivity index (χ0) is 11.5. The Hall–Kier alpha value is -0.150. The van der Waals surface area contributed by atoms with Gasteiger partial charge in [-0.3, -0.25) is 0 Å². The van der Waals surface area contributed by atoms with Crippen molar-refractivity contribution in [2.45, 2.75) is 50.4 Å². The Morgan fingerprint density at radius 2 is 1.80 bits per heavy atom. The smallest absolute Gasteiger partial charge is 0.171 e. The summed E-state index contributed by atoms with van der Waals surface area (Å²) in [6.45, 7) is 0. The van der Waals surface area contributed by atoms with Crippen LogP contribution in [0.15, 0.2) is 0 Å². The molecule has 0 spiro atoms. The molecule has 15 heavy (non-hydrogen) atoms. The summed E-state index contributed by atoms with van der Waals surface area (Å²) in [5.74, 6) is -0.228. The molecule has 2 unspecified atom stereocenters. The number of rotatable bonds is 3. The highest BCUT2D eigenvalue weighted by Crippen LogP contribution is 2.43. The molecule has 0 radical (unpaired) electrons. The average molecular weight is 243 g/mol. The molecule has 0 heterocycles. The summed E-state index contributed by atoms with van der Waals surface area (Å²) in [6, 6.07) is 0. The highest BCUT2D eigenvalue weighted by atomic mass is 31.1. The van der Waals surface area contributed by atoms with E-state index >= 15 is 0 Å². The van der Waals surface area contributed by atoms with Crippen molar-refractivity contribution in [2.24, 2.45) is 5.92 Å². The Balaban J connectivity index is 2.60. The van der Waals surface area contributed by atoms with Crippen LogP contribution in [0.25, 0.3) is 0 Å². The van der Waals surface area contributed by atoms with Gasteiger partial charge >= 0.3 is 14.2 Å². The Kier molecular flexibility index (Phi) is 4.53. The molecule has 0 aromatic rings. The Labute approximate surface area is 87.7 Å². The Morgan fingerprint density at radius 3 is 2.20 bits per heavy atom. The van der Waals surface area contributed by atoms with E-state index in [0.717, 1.165) is 19.3 Å². The van der Waals surface area contributed by atoms with Crippen LogP contribution in [0.1, 0.15) is 38.5 Å². The molecular formula is C9H15F3O2P+. The van der Waals surface area contributed by atoms with Crippen LogP contribution in [0.2, 0.25) is 0 Å². The van der Waals surface area contributed by atoms with E-state index in [0.29, 0.717) is 12.8 Å². The van der Waals surface area contributed by atoms with Gasteiger partial charge in [0, 0.05) is 5.92 Å². The Bertz CT molecular complexity index is 224. The third kappa shape index (κ3) is 4.47. The first-order chi connectivity index (χ1) is 6.90. The van der Waals surface area contributed by atoms with Gasteiger partial charge in [-0.25, -0.2) is 0 Å². The molecular weight excluding hydrogens is 228 g/mol. The molecule has 1 aliphatic rings. The monoisotopic (exact) mass is 243 g/mol. The van der Waals surface area contributed by atoms with Gasteiger partial charge in [-0.05, 0) is 17.4 Å². The lowest BCUT2D eigenvalue weighted by molar-refractivity contribution is -0.137. The lowest BCUT2D eigenvalue weighted by Crippen LogP contribution is -2.26. The van der Waals surface area contributed by atoms with Gasteiger partial charge in [0.1, 0.15) is 0 Å². The summed E-state index contributed by atoms with van der Waals surface area (Å²) in [5.41, 5.74) is -1.10. The molecule has 0 aliphatic heterocycles. The molecule has 6 heteroatoms. The molecule has 1 aliphatic carbocycles. The van der Waals surface area contributed by atoms with Gasteiger partial charge in [0.15, 0.2) is 5.66 Å². The fourth-order valence-corrected chi connectivity index (χ4v) is 3.20. The predicted molar refractivity (Wildman–Crippen MR) is 50.9 cm³/mol. The van der Waals surface area contributed by atoms with Crippen LogP contribution in [-0.2, 0) is 4.57 Å². The van der Waals surface area contributed by atoms with Crippen LogP contribution in [0.5, 0.6) is 0 Å². The van der Waals surface area contributed by atoms with E-state index in [1.165, 1.54) is 0 Å². The second-order valence-corrected chi connectivity index (χ2v) is 5.36. The van der Waals surface area contributed by atoms with E-state index in [1.807, 2.05) is 0 Å². The molecule has 1 saturated carbocycles. The van der Waals surface area contributed by atoms with Crippen molar-refractivity contribution in [1.82, 2.24) is 0 Å². The first kappa shape index (κ1) is 12.9. The van der Waals surface area contributed by atoms with Crippen LogP contribution in [-0.4, -0.2) is 16.7 Å². The molecule has 1 N–H and O–H groups in total. The van der Waals surface area contributed by atoms with Gasteiger partial charge in [0.05, 0.1) is 6.42 Å². The number of hydrogen-bond donors (Lipinski definition) is 1. The average Bonchev–Trinajstić information content (AvgIpc) is 2.14. The zero-order valence-corrected chi connectivity index (χ0v) is 9.23. The molecule has 2 nitrogen and oxygen atoms in total. The van der Waals surface area contributed by atoms with Crippen LogP contribution in [0.3, 0.4) is 0 Å². The topological polar surface area (TPSA) is 37.3 Å². The van der Waals surface area contributed by atoms with Crippen molar-refractivity contribution >= 4 is 8.03 Å². The third-order valence-corrected chi connectivity index (χ3v) is 4.09. The molecule has 0 amide bonds. The largest absolute Gasteiger partial charge is 0.509 e. The first-order valence-electron chi connectivity index (χ1n) is 5.12. The lowest BCUT2D eigenvalue weighted by Gasteiger charge is -2.23. The highest BCUT2D eigenvalue weighted by Gasteiger charge is 2.46. The molecule has 0 bridgehead atoms. The molecule has 2 atom stereocenters. The van der Waals surface area contributed by atoms with Crippen molar-refractivity contribution in [3.05, 3.63) is 0 Å². The maximum absolute atomic E-state index is 12.2. The van der Waals surface area contributed by atoms with E-state index < -0.39 is 26.3 Å². The summed E-state index contributed by atoms with van der Waals surface area (Å²) in [6.07, 6.45) is -1.37. The third-order valence-electron chi connectivity index (χ3n) is 2.92. The fourth-order valence-electron chi connectivity index (χ4n) is 2.18. The molecule has 0 aromatic carbocycles. The van der Waals surface area contributed by atoms with E-state index in [9.17, 15) is 17.7 Å². The van der Waals surface area contributed by atoms with Crippen LogP contribution >= 0.6 is 8.03 Å². The Morgan fingerprint density at radius 1 is 1.27 bits per heavy atom. The summed E-state index contributed by atoms with van der Waals surface area (Å²) in [7, 11) is -2.72. The maximum atomic E-state index is 12.2. The van der Waals surface area contributed by atoms with Crippen molar-refractivity contribution in [2.75, 3.05) is 0 Å². The predicted octanol–water partition coefficient (Wildman–Crippen LogP) is 3.62. The fraction of sp³-hybridized carbons (Fsp3) is 1.00. The van der Waals surface area contributed by atoms with Crippen molar-refractivity contribution < 1.29 is 22.6 Å². The number of alkyl halides is 3. The highest BCUT2D eigenvalue weighted by molar-refractivity contribution is 7.38. The second-order valence-electron chi connectivity index (χ2n) is 4.09. The second kappa shape index (κ2) is 5.26. The zero-order valence-electron chi connectivity index (χ0n) is 8.33. The van der Waals surface area contributed by atoms with Crippen LogP contribution < -0.4 is 0 Å². The van der Waals surface area contributed by atoms with Gasteiger partial charge in [0.2, 0.25) is 0 Å². The van der Waals surface area contributed by atoms with Crippen LogP contribution in [0.4, 0.5) is 13.2 Å². The van der Waals surface area contributed by atoms with Gasteiger partial charge < -0.3 is 0 Å². The quantitative estimate of drug-likeness (QED) is 0.768. The minimum Gasteiger partial charge on any atom is -0.171 e. The first-order valence-corrected chi connectivity index (χ1v) is 6.40. The standard InChI is InChI=1S/C9H14F3O2P/c10-9(11,12)6-8(15(13)14)7-4-2-1-3-5-7/h7-8H,1-6H2/p+1. The molecule has 1 fully saturated rings. The van der Waals surface area contributed by atoms with Crippen LogP contribution in [0, 0.1) is 5.92 Å². The van der Waals surface area contributed by atoms with E-state index in [1.54, 1.807) is 0 Å². The molecule has 0 saturated heterocycles. The summed E-state index contributed by atoms with van der Waals surface area (Å²) >= 11 is 0. The van der Waals surface area contributed by atoms with E-state index in [-0.39, 0.29) is 5.92 Å². The van der Waals surface area contributed by atoms with Crippen molar-refractivity contribution in [3.63, 3.8) is 0 Å². The summed E-state index contributed by atoms with van der Waals surface area (Å²) in [5, 5.41) is 0. The summed E-state index contributed by atoms with van der Waals surface area (Å²) < 4.78 is 47.5. The molecule has 1 rings (SSSR count). The normalized spacial score (nSPS) is 22.5. The van der Waals surface area contributed by atoms with E-state index in [4.69, 9.17) is 4.89 Å². The van der Waals surface area contributed by atoms with E-state index in [2.05, 4.69) is 0 Å². The molecule has 0 aromatic heterocycles. The lowest BCUT2D eigenvalue weighted by atomic mass is 9.85. The summed E-state index contributed by atoms with van der Waals surface area (Å²) in [4.78, 5) is 8.94. The van der Waals surface area contributed by atoms with Gasteiger partial charge in [-0.1, -0.05) is 19.3 Å². The van der Waals surface area contributed by atoms with Gasteiger partial charge in [-0.15, -0.1) is 0 Å². The number of halogens is 3. The minimum absolute atomic E-state index is 0.228. The van der Waals surface area contributed by atoms with Gasteiger partial charge in [-0.2, -0.15) is 18.1 Å².